The number of aromatic nitrogens is 4. The fourth-order valence-corrected chi connectivity index (χ4v) is 1.62. The summed E-state index contributed by atoms with van der Waals surface area (Å²) in [6, 6.07) is 4.19. The number of hydrogen-bond donors (Lipinski definition) is 1. The summed E-state index contributed by atoms with van der Waals surface area (Å²) in [5.41, 5.74) is 7.00. The van der Waals surface area contributed by atoms with Crippen LogP contribution in [0.15, 0.2) is 35.1 Å². The number of nitrogens with zero attached hydrogens (tertiary/aromatic N) is 4. The summed E-state index contributed by atoms with van der Waals surface area (Å²) < 4.78 is 18.2. The number of rotatable bonds is 2. The molecule has 0 radical (unpaired) electrons. The van der Waals surface area contributed by atoms with Crippen molar-refractivity contribution in [2.24, 2.45) is 0 Å². The van der Waals surface area contributed by atoms with Crippen molar-refractivity contribution in [3.05, 3.63) is 42.0 Å². The first kappa shape index (κ1) is 12.2. The van der Waals surface area contributed by atoms with Crippen LogP contribution in [0.3, 0.4) is 0 Å². The van der Waals surface area contributed by atoms with Crippen molar-refractivity contribution in [1.82, 2.24) is 20.1 Å². The first-order valence-corrected chi connectivity index (χ1v) is 5.81. The highest BCUT2D eigenvalue weighted by Gasteiger charge is 2.13. The summed E-state index contributed by atoms with van der Waals surface area (Å²) in [6.07, 6.45) is 3.32. The van der Waals surface area contributed by atoms with Crippen molar-refractivity contribution in [1.29, 1.82) is 0 Å². The first-order chi connectivity index (χ1) is 9.63. The largest absolute Gasteiger partial charge is 0.396 e. The average molecular weight is 271 g/mol. The van der Waals surface area contributed by atoms with Gasteiger partial charge in [0.15, 0.2) is 0 Å². The van der Waals surface area contributed by atoms with Crippen molar-refractivity contribution >= 4 is 5.69 Å². The van der Waals surface area contributed by atoms with Crippen LogP contribution in [0.2, 0.25) is 0 Å². The summed E-state index contributed by atoms with van der Waals surface area (Å²) in [7, 11) is 0. The van der Waals surface area contributed by atoms with Crippen LogP contribution in [0.25, 0.3) is 23.1 Å². The second-order valence-electron chi connectivity index (χ2n) is 4.24. The summed E-state index contributed by atoms with van der Waals surface area (Å²) >= 11 is 0. The highest BCUT2D eigenvalue weighted by Crippen LogP contribution is 2.23. The normalized spacial score (nSPS) is 10.7. The van der Waals surface area contributed by atoms with Gasteiger partial charge in [-0.2, -0.15) is 4.98 Å². The summed E-state index contributed by atoms with van der Waals surface area (Å²) in [5.74, 6) is 0.370. The van der Waals surface area contributed by atoms with Gasteiger partial charge in [0.25, 0.3) is 5.89 Å². The highest BCUT2D eigenvalue weighted by molar-refractivity contribution is 5.61. The van der Waals surface area contributed by atoms with E-state index in [-0.39, 0.29) is 17.4 Å². The maximum absolute atomic E-state index is 13.1. The predicted octanol–water partition coefficient (Wildman–Crippen LogP) is 2.22. The third-order valence-corrected chi connectivity index (χ3v) is 2.65. The standard InChI is InChI=1S/C13H10FN5O/c1-7-5-16-11(17-6-7)12-18-13(20-19-12)8-2-3-9(14)10(15)4-8/h2-6H,15H2,1H3. The molecule has 0 aliphatic carbocycles. The van der Waals surface area contributed by atoms with E-state index >= 15 is 0 Å². The molecule has 0 saturated heterocycles. The van der Waals surface area contributed by atoms with E-state index in [0.717, 1.165) is 5.56 Å². The van der Waals surface area contributed by atoms with Crippen LogP contribution in [0.5, 0.6) is 0 Å². The molecule has 20 heavy (non-hydrogen) atoms. The summed E-state index contributed by atoms with van der Waals surface area (Å²) in [6.45, 7) is 1.88. The van der Waals surface area contributed by atoms with E-state index in [9.17, 15) is 4.39 Å². The molecular formula is C13H10FN5O. The zero-order valence-corrected chi connectivity index (χ0v) is 10.5. The molecule has 0 fully saturated rings. The van der Waals surface area contributed by atoms with Crippen molar-refractivity contribution in [2.75, 3.05) is 5.73 Å². The van der Waals surface area contributed by atoms with Gasteiger partial charge in [0.2, 0.25) is 11.6 Å². The maximum Gasteiger partial charge on any atom is 0.258 e. The van der Waals surface area contributed by atoms with Crippen LogP contribution in [-0.2, 0) is 0 Å². The Kier molecular flexibility index (Phi) is 2.86. The van der Waals surface area contributed by atoms with Gasteiger partial charge < -0.3 is 10.3 Å². The molecule has 6 nitrogen and oxygen atoms in total. The minimum absolute atomic E-state index is 0.0221. The molecule has 0 aliphatic heterocycles. The fourth-order valence-electron chi connectivity index (χ4n) is 1.62. The maximum atomic E-state index is 13.1. The minimum Gasteiger partial charge on any atom is -0.396 e. The Morgan fingerprint density at radius 2 is 1.90 bits per heavy atom. The minimum atomic E-state index is -0.490. The lowest BCUT2D eigenvalue weighted by molar-refractivity contribution is 0.432. The summed E-state index contributed by atoms with van der Waals surface area (Å²) in [5, 5.41) is 3.80. The van der Waals surface area contributed by atoms with E-state index in [0.29, 0.717) is 11.4 Å². The van der Waals surface area contributed by atoms with Crippen LogP contribution >= 0.6 is 0 Å². The smallest absolute Gasteiger partial charge is 0.258 e. The second-order valence-corrected chi connectivity index (χ2v) is 4.24. The van der Waals surface area contributed by atoms with E-state index < -0.39 is 5.82 Å². The Bertz CT molecular complexity index is 754. The zero-order valence-electron chi connectivity index (χ0n) is 10.5. The number of aryl methyl sites for hydroxylation is 1. The number of nitrogens with two attached hydrogens (primary N) is 1. The lowest BCUT2D eigenvalue weighted by atomic mass is 10.2. The Hall–Kier alpha value is -2.83. The fraction of sp³-hybridized carbons (Fsp3) is 0.0769. The Morgan fingerprint density at radius 3 is 2.60 bits per heavy atom. The van der Waals surface area contributed by atoms with Crippen molar-refractivity contribution in [3.8, 4) is 23.1 Å². The van der Waals surface area contributed by atoms with Crippen LogP contribution in [0.4, 0.5) is 10.1 Å². The SMILES string of the molecule is Cc1cnc(-c2noc(-c3ccc(F)c(N)c3)n2)nc1. The molecule has 1 aromatic carbocycles. The summed E-state index contributed by atoms with van der Waals surface area (Å²) in [4.78, 5) is 12.4. The topological polar surface area (TPSA) is 90.7 Å². The zero-order chi connectivity index (χ0) is 14.1. The van der Waals surface area contributed by atoms with E-state index in [1.54, 1.807) is 12.4 Å². The molecule has 0 amide bonds. The molecule has 7 heteroatoms. The number of anilines is 1. The molecule has 0 unspecified atom stereocenters. The monoisotopic (exact) mass is 271 g/mol. The Balaban J connectivity index is 1.97. The van der Waals surface area contributed by atoms with Gasteiger partial charge in [0.05, 0.1) is 5.69 Å². The average Bonchev–Trinajstić information content (AvgIpc) is 2.92. The molecule has 0 atom stereocenters. The molecule has 0 aliphatic rings. The highest BCUT2D eigenvalue weighted by atomic mass is 19.1. The molecule has 2 N–H and O–H groups in total. The Morgan fingerprint density at radius 1 is 1.15 bits per heavy atom. The van der Waals surface area contributed by atoms with Gasteiger partial charge in [0.1, 0.15) is 5.82 Å². The van der Waals surface area contributed by atoms with Gasteiger partial charge in [-0.25, -0.2) is 14.4 Å². The molecule has 3 rings (SSSR count). The number of benzene rings is 1. The quantitative estimate of drug-likeness (QED) is 0.719. The molecule has 0 bridgehead atoms. The molecule has 0 saturated carbocycles. The van der Waals surface area contributed by atoms with E-state index in [2.05, 4.69) is 20.1 Å². The third-order valence-electron chi connectivity index (χ3n) is 2.65. The lowest BCUT2D eigenvalue weighted by Gasteiger charge is -1.97. The van der Waals surface area contributed by atoms with Gasteiger partial charge in [-0.05, 0) is 30.7 Å². The van der Waals surface area contributed by atoms with E-state index in [1.807, 2.05) is 6.92 Å². The molecule has 0 spiro atoms. The van der Waals surface area contributed by atoms with Crippen LogP contribution in [0.1, 0.15) is 5.56 Å². The van der Waals surface area contributed by atoms with Gasteiger partial charge in [0, 0.05) is 18.0 Å². The molecule has 3 aromatic rings. The van der Waals surface area contributed by atoms with E-state index in [1.165, 1.54) is 18.2 Å². The first-order valence-electron chi connectivity index (χ1n) is 5.81. The van der Waals surface area contributed by atoms with E-state index in [4.69, 9.17) is 10.3 Å². The molecule has 2 aromatic heterocycles. The van der Waals surface area contributed by atoms with Crippen molar-refractivity contribution in [3.63, 3.8) is 0 Å². The third kappa shape index (κ3) is 2.20. The van der Waals surface area contributed by atoms with Gasteiger partial charge in [-0.3, -0.25) is 0 Å². The number of halogens is 1. The number of hydrogen-bond acceptors (Lipinski definition) is 6. The molecule has 2 heterocycles. The Labute approximate surface area is 113 Å². The van der Waals surface area contributed by atoms with Gasteiger partial charge in [-0.15, -0.1) is 0 Å². The van der Waals surface area contributed by atoms with Gasteiger partial charge >= 0.3 is 0 Å². The second kappa shape index (κ2) is 4.69. The number of nitrogen functional groups attached to an aromatic ring is 1. The van der Waals surface area contributed by atoms with Gasteiger partial charge in [-0.1, -0.05) is 5.16 Å². The molecule has 100 valence electrons. The lowest BCUT2D eigenvalue weighted by Crippen LogP contribution is -1.92. The van der Waals surface area contributed by atoms with Crippen LogP contribution < -0.4 is 5.73 Å². The predicted molar refractivity (Wildman–Crippen MR) is 69.9 cm³/mol. The van der Waals surface area contributed by atoms with Crippen molar-refractivity contribution < 1.29 is 8.91 Å². The van der Waals surface area contributed by atoms with Crippen LogP contribution in [0, 0.1) is 12.7 Å². The van der Waals surface area contributed by atoms with Crippen molar-refractivity contribution in [2.45, 2.75) is 6.92 Å². The molecular weight excluding hydrogens is 261 g/mol. The van der Waals surface area contributed by atoms with Crippen LogP contribution in [-0.4, -0.2) is 20.1 Å².